The van der Waals surface area contributed by atoms with Crippen LogP contribution in [0.25, 0.3) is 0 Å². The molecule has 1 fully saturated rings. The first-order valence-electron chi connectivity index (χ1n) is 9.33. The molecule has 1 saturated heterocycles. The second-order valence-electron chi connectivity index (χ2n) is 7.09. The Bertz CT molecular complexity index is 618. The minimum absolute atomic E-state index is 0. The van der Waals surface area contributed by atoms with E-state index in [0.29, 0.717) is 19.4 Å². The highest BCUT2D eigenvalue weighted by molar-refractivity contribution is 5.98. The molecule has 5 heteroatoms. The lowest BCUT2D eigenvalue weighted by Gasteiger charge is -2.35. The largest absolute Gasteiger partial charge is 0.338 e. The molecule has 1 aromatic rings. The highest BCUT2D eigenvalue weighted by Crippen LogP contribution is 2.23. The molecule has 0 aromatic heterocycles. The lowest BCUT2D eigenvalue weighted by atomic mass is 9.89. The van der Waals surface area contributed by atoms with Gasteiger partial charge in [-0.2, -0.15) is 0 Å². The van der Waals surface area contributed by atoms with Crippen molar-refractivity contribution in [3.05, 3.63) is 34.9 Å². The van der Waals surface area contributed by atoms with Gasteiger partial charge >= 0.3 is 0 Å². The Morgan fingerprint density at radius 2 is 1.80 bits per heavy atom. The Labute approximate surface area is 156 Å². The maximum atomic E-state index is 12.5. The molecule has 1 unspecified atom stereocenters. The molecule has 1 aliphatic carbocycles. The lowest BCUT2D eigenvalue weighted by molar-refractivity contribution is -0.134. The van der Waals surface area contributed by atoms with E-state index in [-0.39, 0.29) is 30.1 Å². The van der Waals surface area contributed by atoms with Crippen molar-refractivity contribution in [3.63, 3.8) is 0 Å². The summed E-state index contributed by atoms with van der Waals surface area (Å²) in [4.78, 5) is 26.8. The minimum Gasteiger partial charge on any atom is -0.338 e. The number of halogens is 1. The van der Waals surface area contributed by atoms with Gasteiger partial charge in [-0.15, -0.1) is 12.4 Å². The molecule has 0 radical (unpaired) electrons. The number of benzene rings is 1. The molecule has 25 heavy (non-hydrogen) atoms. The number of rotatable bonds is 5. The van der Waals surface area contributed by atoms with Crippen molar-refractivity contribution in [2.45, 2.75) is 63.8 Å². The zero-order valence-corrected chi connectivity index (χ0v) is 15.7. The SMILES string of the molecule is Cl.NCC1CCCCN1C(=O)CCC(=O)c1ccc2c(c1)CCCC2. The van der Waals surface area contributed by atoms with Gasteiger partial charge < -0.3 is 10.6 Å². The minimum atomic E-state index is 0. The number of aryl methyl sites for hydroxylation is 2. The second kappa shape index (κ2) is 9.35. The summed E-state index contributed by atoms with van der Waals surface area (Å²) in [5, 5.41) is 0. The number of hydrogen-bond donors (Lipinski definition) is 1. The normalized spacial score (nSPS) is 19.7. The lowest BCUT2D eigenvalue weighted by Crippen LogP contribution is -2.47. The molecule has 0 bridgehead atoms. The number of fused-ring (bicyclic) bond motifs is 1. The van der Waals surface area contributed by atoms with Crippen LogP contribution in [-0.2, 0) is 17.6 Å². The van der Waals surface area contributed by atoms with Gasteiger partial charge in [-0.3, -0.25) is 9.59 Å². The van der Waals surface area contributed by atoms with Crippen LogP contribution >= 0.6 is 12.4 Å². The van der Waals surface area contributed by atoms with Gasteiger partial charge in [0.1, 0.15) is 0 Å². The number of likely N-dealkylation sites (tertiary alicyclic amines) is 1. The molecule has 1 aliphatic heterocycles. The molecule has 3 rings (SSSR count). The van der Waals surface area contributed by atoms with Gasteiger partial charge in [0.25, 0.3) is 0 Å². The summed E-state index contributed by atoms with van der Waals surface area (Å²) in [6.07, 6.45) is 8.41. The van der Waals surface area contributed by atoms with Crippen LogP contribution in [0.4, 0.5) is 0 Å². The molecule has 1 heterocycles. The number of nitrogens with zero attached hydrogens (tertiary/aromatic N) is 1. The van der Waals surface area contributed by atoms with Gasteiger partial charge in [0.15, 0.2) is 5.78 Å². The number of piperidine rings is 1. The third kappa shape index (κ3) is 4.83. The van der Waals surface area contributed by atoms with E-state index in [9.17, 15) is 9.59 Å². The van der Waals surface area contributed by atoms with E-state index in [0.717, 1.165) is 44.2 Å². The Kier molecular flexibility index (Phi) is 7.45. The van der Waals surface area contributed by atoms with E-state index < -0.39 is 0 Å². The Morgan fingerprint density at radius 1 is 1.04 bits per heavy atom. The number of nitrogens with two attached hydrogens (primary N) is 1. The average molecular weight is 365 g/mol. The van der Waals surface area contributed by atoms with Crippen LogP contribution in [0.5, 0.6) is 0 Å². The third-order valence-corrected chi connectivity index (χ3v) is 5.46. The number of carbonyl (C=O) groups excluding carboxylic acids is 2. The van der Waals surface area contributed by atoms with E-state index in [1.165, 1.54) is 24.0 Å². The first-order chi connectivity index (χ1) is 11.7. The summed E-state index contributed by atoms with van der Waals surface area (Å²) in [7, 11) is 0. The van der Waals surface area contributed by atoms with Gasteiger partial charge in [-0.05, 0) is 62.1 Å². The van der Waals surface area contributed by atoms with Crippen LogP contribution < -0.4 is 5.73 Å². The van der Waals surface area contributed by atoms with Crippen LogP contribution in [0.2, 0.25) is 0 Å². The fourth-order valence-corrected chi connectivity index (χ4v) is 3.99. The summed E-state index contributed by atoms with van der Waals surface area (Å²) < 4.78 is 0. The average Bonchev–Trinajstić information content (AvgIpc) is 2.65. The maximum absolute atomic E-state index is 12.5. The topological polar surface area (TPSA) is 63.4 Å². The van der Waals surface area contributed by atoms with E-state index >= 15 is 0 Å². The highest BCUT2D eigenvalue weighted by atomic mass is 35.5. The standard InChI is InChI=1S/C20H28N2O2.ClH/c21-14-18-7-3-4-12-22(18)20(24)11-10-19(23)17-9-8-15-5-1-2-6-16(15)13-17;/h8-9,13,18H,1-7,10-12,14,21H2;1H. The number of ketones is 1. The third-order valence-electron chi connectivity index (χ3n) is 5.46. The van der Waals surface area contributed by atoms with Crippen molar-refractivity contribution in [1.29, 1.82) is 0 Å². The van der Waals surface area contributed by atoms with Crippen molar-refractivity contribution >= 4 is 24.1 Å². The van der Waals surface area contributed by atoms with Gasteiger partial charge in [0.2, 0.25) is 5.91 Å². The van der Waals surface area contributed by atoms with Gasteiger partial charge in [-0.25, -0.2) is 0 Å². The van der Waals surface area contributed by atoms with Crippen LogP contribution in [0.3, 0.4) is 0 Å². The van der Waals surface area contributed by atoms with E-state index in [1.54, 1.807) is 0 Å². The summed E-state index contributed by atoms with van der Waals surface area (Å²) >= 11 is 0. The molecule has 1 aromatic carbocycles. The molecule has 0 spiro atoms. The molecule has 1 atom stereocenters. The highest BCUT2D eigenvalue weighted by Gasteiger charge is 2.25. The zero-order chi connectivity index (χ0) is 16.9. The monoisotopic (exact) mass is 364 g/mol. The van der Waals surface area contributed by atoms with E-state index in [2.05, 4.69) is 6.07 Å². The second-order valence-corrected chi connectivity index (χ2v) is 7.09. The number of amides is 1. The molecule has 2 N–H and O–H groups in total. The molecule has 1 amide bonds. The predicted molar refractivity (Wildman–Crippen MR) is 102 cm³/mol. The molecule has 0 saturated carbocycles. The summed E-state index contributed by atoms with van der Waals surface area (Å²) in [6, 6.07) is 6.23. The van der Waals surface area contributed by atoms with Gasteiger partial charge in [0, 0.05) is 37.5 Å². The summed E-state index contributed by atoms with van der Waals surface area (Å²) in [5.41, 5.74) is 9.24. The van der Waals surface area contributed by atoms with Gasteiger partial charge in [0.05, 0.1) is 0 Å². The number of carbonyl (C=O) groups is 2. The fraction of sp³-hybridized carbons (Fsp3) is 0.600. The van der Waals surface area contributed by atoms with Crippen molar-refractivity contribution in [2.75, 3.05) is 13.1 Å². The Hall–Kier alpha value is -1.39. The van der Waals surface area contributed by atoms with Crippen molar-refractivity contribution in [1.82, 2.24) is 4.90 Å². The first kappa shape index (κ1) is 19.9. The smallest absolute Gasteiger partial charge is 0.223 e. The van der Waals surface area contributed by atoms with Crippen LogP contribution in [0.15, 0.2) is 18.2 Å². The molecular formula is C20H29ClN2O2. The van der Waals surface area contributed by atoms with E-state index in [4.69, 9.17) is 5.73 Å². The quantitative estimate of drug-likeness (QED) is 0.815. The van der Waals surface area contributed by atoms with Crippen LogP contribution in [0.1, 0.15) is 66.4 Å². The fourth-order valence-electron chi connectivity index (χ4n) is 3.99. The molecule has 4 nitrogen and oxygen atoms in total. The van der Waals surface area contributed by atoms with Crippen molar-refractivity contribution in [2.24, 2.45) is 5.73 Å². The maximum Gasteiger partial charge on any atom is 0.223 e. The van der Waals surface area contributed by atoms with E-state index in [1.807, 2.05) is 17.0 Å². The summed E-state index contributed by atoms with van der Waals surface area (Å²) in [5.74, 6) is 0.162. The first-order valence-corrected chi connectivity index (χ1v) is 9.33. The van der Waals surface area contributed by atoms with Gasteiger partial charge in [-0.1, -0.05) is 12.1 Å². The van der Waals surface area contributed by atoms with Crippen LogP contribution in [-0.4, -0.2) is 35.7 Å². The van der Waals surface area contributed by atoms with Crippen molar-refractivity contribution < 1.29 is 9.59 Å². The summed E-state index contributed by atoms with van der Waals surface area (Å²) in [6.45, 7) is 1.30. The Balaban J connectivity index is 0.00000225. The van der Waals surface area contributed by atoms with Crippen LogP contribution in [0, 0.1) is 0 Å². The Morgan fingerprint density at radius 3 is 2.56 bits per heavy atom. The predicted octanol–water partition coefficient (Wildman–Crippen LogP) is 3.29. The molecular weight excluding hydrogens is 336 g/mol. The number of Topliss-reactive ketones (excluding diaryl/α,β-unsaturated/α-hetero) is 1. The number of hydrogen-bond acceptors (Lipinski definition) is 3. The zero-order valence-electron chi connectivity index (χ0n) is 14.8. The van der Waals surface area contributed by atoms with Crippen molar-refractivity contribution in [3.8, 4) is 0 Å². The molecule has 2 aliphatic rings. The molecule has 138 valence electrons.